The van der Waals surface area contributed by atoms with E-state index in [4.69, 9.17) is 0 Å². The molecular weight excluding hydrogens is 433 g/mol. The smallest absolute Gasteiger partial charge is 0.294 e. The van der Waals surface area contributed by atoms with E-state index in [1.165, 1.54) is 17.4 Å². The first-order valence-electron chi connectivity index (χ1n) is 10.1. The second-order valence-corrected chi connectivity index (χ2v) is 10.3. The SMILES string of the molecule is CCCCCCNS(=O)(=O)c1ccc(CN(CC)Cc2cccc(C(F)(F)F)c2)s1. The minimum Gasteiger partial charge on any atom is -0.294 e. The minimum absolute atomic E-state index is 0.267. The van der Waals surface area contributed by atoms with Crippen molar-refractivity contribution in [2.45, 2.75) is 63.0 Å². The van der Waals surface area contributed by atoms with Gasteiger partial charge in [0, 0.05) is 24.5 Å². The molecular formula is C21H29F3N2O2S2. The van der Waals surface area contributed by atoms with Crippen LogP contribution in [0, 0.1) is 0 Å². The molecule has 0 spiro atoms. The second-order valence-electron chi connectivity index (χ2n) is 7.18. The number of hydrogen-bond acceptors (Lipinski definition) is 4. The third-order valence-electron chi connectivity index (χ3n) is 4.71. The zero-order valence-corrected chi connectivity index (χ0v) is 19.0. The van der Waals surface area contributed by atoms with Gasteiger partial charge in [0.15, 0.2) is 0 Å². The summed E-state index contributed by atoms with van der Waals surface area (Å²) in [6.45, 7) is 5.91. The summed E-state index contributed by atoms with van der Waals surface area (Å²) in [6.07, 6.45) is -0.381. The van der Waals surface area contributed by atoms with Gasteiger partial charge in [-0.05, 0) is 36.7 Å². The monoisotopic (exact) mass is 462 g/mol. The molecule has 0 radical (unpaired) electrons. The van der Waals surface area contributed by atoms with Gasteiger partial charge in [0.05, 0.1) is 5.56 Å². The van der Waals surface area contributed by atoms with Crippen molar-refractivity contribution in [2.24, 2.45) is 0 Å². The molecule has 2 rings (SSSR count). The van der Waals surface area contributed by atoms with Crippen LogP contribution in [0.3, 0.4) is 0 Å². The van der Waals surface area contributed by atoms with Gasteiger partial charge in [-0.3, -0.25) is 4.90 Å². The third-order valence-corrected chi connectivity index (χ3v) is 7.73. The summed E-state index contributed by atoms with van der Waals surface area (Å²) in [5.41, 5.74) is -0.0876. The first-order valence-corrected chi connectivity index (χ1v) is 12.4. The van der Waals surface area contributed by atoms with Gasteiger partial charge in [-0.1, -0.05) is 51.3 Å². The maximum Gasteiger partial charge on any atom is 0.416 e. The highest BCUT2D eigenvalue weighted by Gasteiger charge is 2.30. The third kappa shape index (κ3) is 7.68. The van der Waals surface area contributed by atoms with Crippen molar-refractivity contribution in [1.29, 1.82) is 0 Å². The van der Waals surface area contributed by atoms with Crippen LogP contribution in [-0.2, 0) is 29.3 Å². The predicted molar refractivity (Wildman–Crippen MR) is 115 cm³/mol. The Morgan fingerprint density at radius 3 is 2.47 bits per heavy atom. The zero-order chi connectivity index (χ0) is 22.2. The van der Waals surface area contributed by atoms with E-state index < -0.39 is 21.8 Å². The number of thiophene rings is 1. The van der Waals surface area contributed by atoms with Crippen LogP contribution < -0.4 is 4.72 Å². The molecule has 9 heteroatoms. The molecule has 0 atom stereocenters. The first-order chi connectivity index (χ1) is 14.2. The summed E-state index contributed by atoms with van der Waals surface area (Å²) in [4.78, 5) is 2.84. The molecule has 0 aliphatic carbocycles. The molecule has 2 aromatic rings. The van der Waals surface area contributed by atoms with Crippen LogP contribution in [0.1, 0.15) is 55.5 Å². The van der Waals surface area contributed by atoms with Crippen molar-refractivity contribution >= 4 is 21.4 Å². The molecule has 0 bridgehead atoms. The zero-order valence-electron chi connectivity index (χ0n) is 17.3. The molecule has 1 heterocycles. The predicted octanol–water partition coefficient (Wildman–Crippen LogP) is 5.65. The maximum absolute atomic E-state index is 12.9. The highest BCUT2D eigenvalue weighted by Crippen LogP contribution is 2.30. The fraction of sp³-hybridized carbons (Fsp3) is 0.524. The molecule has 0 unspecified atom stereocenters. The molecule has 30 heavy (non-hydrogen) atoms. The quantitative estimate of drug-likeness (QED) is 0.415. The standard InChI is InChI=1S/C21H29F3N2O2S2/c1-3-5-6-7-13-25-30(27,28)20-12-11-19(29-20)16-26(4-2)15-17-9-8-10-18(14-17)21(22,23)24/h8-12,14,25H,3-7,13,15-16H2,1-2H3. The van der Waals surface area contributed by atoms with Crippen molar-refractivity contribution in [3.8, 4) is 0 Å². The van der Waals surface area contributed by atoms with Crippen molar-refractivity contribution in [3.05, 3.63) is 52.4 Å². The van der Waals surface area contributed by atoms with Gasteiger partial charge in [0.25, 0.3) is 0 Å². The number of rotatable bonds is 12. The van der Waals surface area contributed by atoms with Crippen molar-refractivity contribution in [2.75, 3.05) is 13.1 Å². The van der Waals surface area contributed by atoms with Gasteiger partial charge in [-0.15, -0.1) is 11.3 Å². The lowest BCUT2D eigenvalue weighted by Gasteiger charge is -2.20. The van der Waals surface area contributed by atoms with Crippen LogP contribution in [-0.4, -0.2) is 26.4 Å². The fourth-order valence-electron chi connectivity index (χ4n) is 3.02. The minimum atomic E-state index is -4.37. The number of unbranched alkanes of at least 4 members (excludes halogenated alkanes) is 3. The van der Waals surface area contributed by atoms with E-state index in [1.807, 2.05) is 11.8 Å². The van der Waals surface area contributed by atoms with E-state index in [0.717, 1.165) is 42.7 Å². The van der Waals surface area contributed by atoms with E-state index in [9.17, 15) is 21.6 Å². The van der Waals surface area contributed by atoms with Crippen LogP contribution in [0.4, 0.5) is 13.2 Å². The van der Waals surface area contributed by atoms with Crippen molar-refractivity contribution in [3.63, 3.8) is 0 Å². The van der Waals surface area contributed by atoms with Crippen LogP contribution >= 0.6 is 11.3 Å². The second kappa shape index (κ2) is 11.3. The molecule has 1 aromatic heterocycles. The lowest BCUT2D eigenvalue weighted by atomic mass is 10.1. The van der Waals surface area contributed by atoms with Gasteiger partial charge >= 0.3 is 6.18 Å². The van der Waals surface area contributed by atoms with Crippen molar-refractivity contribution < 1.29 is 21.6 Å². The van der Waals surface area contributed by atoms with Crippen molar-refractivity contribution in [1.82, 2.24) is 9.62 Å². The molecule has 0 aliphatic rings. The Bertz CT molecular complexity index is 896. The maximum atomic E-state index is 12.9. The Balaban J connectivity index is 1.98. The average molecular weight is 463 g/mol. The molecule has 0 saturated carbocycles. The molecule has 0 fully saturated rings. The lowest BCUT2D eigenvalue weighted by molar-refractivity contribution is -0.137. The average Bonchev–Trinajstić information content (AvgIpc) is 3.16. The van der Waals surface area contributed by atoms with E-state index in [0.29, 0.717) is 31.7 Å². The highest BCUT2D eigenvalue weighted by atomic mass is 32.2. The van der Waals surface area contributed by atoms with Gasteiger partial charge in [-0.2, -0.15) is 13.2 Å². The number of halogens is 3. The molecule has 1 aromatic carbocycles. The van der Waals surface area contributed by atoms with Crippen LogP contribution in [0.25, 0.3) is 0 Å². The summed E-state index contributed by atoms with van der Waals surface area (Å²) >= 11 is 1.20. The summed E-state index contributed by atoms with van der Waals surface area (Å²) < 4.78 is 66.5. The number of nitrogens with one attached hydrogen (secondary N) is 1. The van der Waals surface area contributed by atoms with Gasteiger partial charge in [0.1, 0.15) is 4.21 Å². The normalized spacial score (nSPS) is 12.6. The van der Waals surface area contributed by atoms with Crippen LogP contribution in [0.2, 0.25) is 0 Å². The number of hydrogen-bond donors (Lipinski definition) is 1. The van der Waals surface area contributed by atoms with Crippen LogP contribution in [0.5, 0.6) is 0 Å². The fourth-order valence-corrected chi connectivity index (χ4v) is 5.54. The lowest BCUT2D eigenvalue weighted by Crippen LogP contribution is -2.24. The van der Waals surface area contributed by atoms with Gasteiger partial charge in [-0.25, -0.2) is 13.1 Å². The van der Waals surface area contributed by atoms with E-state index in [2.05, 4.69) is 11.6 Å². The Kier molecular flexibility index (Phi) is 9.33. The topological polar surface area (TPSA) is 49.4 Å². The molecule has 1 N–H and O–H groups in total. The molecule has 0 saturated heterocycles. The Labute approximate surface area is 181 Å². The highest BCUT2D eigenvalue weighted by molar-refractivity contribution is 7.91. The molecule has 0 aliphatic heterocycles. The molecule has 168 valence electrons. The number of alkyl halides is 3. The van der Waals surface area contributed by atoms with Gasteiger partial charge < -0.3 is 0 Å². The number of nitrogens with zero attached hydrogens (tertiary/aromatic N) is 1. The summed E-state index contributed by atoms with van der Waals surface area (Å²) in [5.74, 6) is 0. The Morgan fingerprint density at radius 2 is 1.80 bits per heavy atom. The molecule has 4 nitrogen and oxygen atoms in total. The number of sulfonamides is 1. The van der Waals surface area contributed by atoms with E-state index in [1.54, 1.807) is 18.2 Å². The largest absolute Gasteiger partial charge is 0.416 e. The first kappa shape index (κ1) is 24.8. The Hall–Kier alpha value is -1.42. The van der Waals surface area contributed by atoms with E-state index in [-0.39, 0.29) is 4.21 Å². The summed E-state index contributed by atoms with van der Waals surface area (Å²) in [7, 11) is -3.53. The molecule has 0 amide bonds. The van der Waals surface area contributed by atoms with Gasteiger partial charge in [0.2, 0.25) is 10.0 Å². The Morgan fingerprint density at radius 1 is 1.03 bits per heavy atom. The number of benzene rings is 1. The van der Waals surface area contributed by atoms with Crippen LogP contribution in [0.15, 0.2) is 40.6 Å². The summed E-state index contributed by atoms with van der Waals surface area (Å²) in [5, 5.41) is 0. The summed E-state index contributed by atoms with van der Waals surface area (Å²) in [6, 6.07) is 8.66. The van der Waals surface area contributed by atoms with E-state index >= 15 is 0 Å².